The van der Waals surface area contributed by atoms with Crippen molar-refractivity contribution in [1.29, 1.82) is 0 Å². The molecule has 1 fully saturated rings. The van der Waals surface area contributed by atoms with Gasteiger partial charge in [0.05, 0.1) is 0 Å². The van der Waals surface area contributed by atoms with Gasteiger partial charge in [0.15, 0.2) is 0 Å². The molecule has 1 aromatic rings. The van der Waals surface area contributed by atoms with Crippen LogP contribution in [-0.4, -0.2) is 12.5 Å². The molecule has 4 heteroatoms. The van der Waals surface area contributed by atoms with Crippen molar-refractivity contribution in [2.24, 2.45) is 17.6 Å². The molecule has 2 atom stereocenters. The number of hydrogen-bond acceptors (Lipinski definition) is 2. The number of rotatable bonds is 4. The molecular weight excluding hydrogens is 304 g/mol. The third kappa shape index (κ3) is 3.80. The fourth-order valence-corrected chi connectivity index (χ4v) is 3.22. The second-order valence-electron chi connectivity index (χ2n) is 5.20. The fraction of sp³-hybridized carbons (Fsp3) is 0.533. The fourth-order valence-electron chi connectivity index (χ4n) is 2.79. The molecule has 0 aromatic heterocycles. The van der Waals surface area contributed by atoms with E-state index in [1.807, 2.05) is 24.3 Å². The first-order valence-corrected chi connectivity index (χ1v) is 7.73. The lowest BCUT2D eigenvalue weighted by atomic mass is 9.79. The van der Waals surface area contributed by atoms with Gasteiger partial charge in [0.1, 0.15) is 0 Å². The Hall–Kier alpha value is -0.870. The molecule has 0 spiro atoms. The van der Waals surface area contributed by atoms with E-state index in [-0.39, 0.29) is 11.8 Å². The zero-order chi connectivity index (χ0) is 13.7. The molecule has 2 unspecified atom stereocenters. The van der Waals surface area contributed by atoms with Crippen LogP contribution in [0.4, 0.5) is 0 Å². The molecular formula is C15H21BrN2O. The quantitative estimate of drug-likeness (QED) is 0.894. The van der Waals surface area contributed by atoms with Crippen molar-refractivity contribution < 1.29 is 4.79 Å². The second kappa shape index (κ2) is 7.06. The number of carbonyl (C=O) groups is 1. The zero-order valence-electron chi connectivity index (χ0n) is 11.1. The molecule has 1 aliphatic carbocycles. The van der Waals surface area contributed by atoms with E-state index in [9.17, 15) is 4.79 Å². The van der Waals surface area contributed by atoms with Crippen LogP contribution in [0.25, 0.3) is 0 Å². The van der Waals surface area contributed by atoms with Crippen molar-refractivity contribution in [1.82, 2.24) is 5.32 Å². The monoisotopic (exact) mass is 324 g/mol. The van der Waals surface area contributed by atoms with Crippen molar-refractivity contribution in [2.75, 3.05) is 6.54 Å². The van der Waals surface area contributed by atoms with Crippen LogP contribution >= 0.6 is 15.9 Å². The van der Waals surface area contributed by atoms with Gasteiger partial charge in [0.25, 0.3) is 0 Å². The first-order chi connectivity index (χ1) is 9.22. The molecule has 0 saturated heterocycles. The van der Waals surface area contributed by atoms with Crippen LogP contribution in [0, 0.1) is 11.8 Å². The topological polar surface area (TPSA) is 55.1 Å². The number of halogens is 1. The van der Waals surface area contributed by atoms with Crippen LogP contribution in [-0.2, 0) is 11.3 Å². The molecule has 104 valence electrons. The van der Waals surface area contributed by atoms with E-state index in [1.165, 1.54) is 6.42 Å². The zero-order valence-corrected chi connectivity index (χ0v) is 12.7. The van der Waals surface area contributed by atoms with Gasteiger partial charge >= 0.3 is 0 Å². The molecule has 3 nitrogen and oxygen atoms in total. The van der Waals surface area contributed by atoms with E-state index >= 15 is 0 Å². The van der Waals surface area contributed by atoms with E-state index in [0.717, 1.165) is 29.3 Å². The van der Waals surface area contributed by atoms with E-state index in [0.29, 0.717) is 19.0 Å². The Morgan fingerprint density at radius 1 is 1.32 bits per heavy atom. The Morgan fingerprint density at radius 3 is 2.79 bits per heavy atom. The van der Waals surface area contributed by atoms with Gasteiger partial charge in [-0.05, 0) is 36.9 Å². The summed E-state index contributed by atoms with van der Waals surface area (Å²) >= 11 is 3.50. The molecule has 3 N–H and O–H groups in total. The molecule has 1 aromatic carbocycles. The lowest BCUT2D eigenvalue weighted by Gasteiger charge is -2.29. The van der Waals surface area contributed by atoms with Crippen molar-refractivity contribution in [3.05, 3.63) is 34.3 Å². The molecule has 0 heterocycles. The van der Waals surface area contributed by atoms with Crippen LogP contribution in [0.1, 0.15) is 31.2 Å². The van der Waals surface area contributed by atoms with E-state index < -0.39 is 0 Å². The van der Waals surface area contributed by atoms with Gasteiger partial charge < -0.3 is 11.1 Å². The van der Waals surface area contributed by atoms with Crippen molar-refractivity contribution in [2.45, 2.75) is 32.2 Å². The van der Waals surface area contributed by atoms with E-state index in [1.54, 1.807) is 0 Å². The number of hydrogen-bond donors (Lipinski definition) is 2. The van der Waals surface area contributed by atoms with Crippen LogP contribution in [0.2, 0.25) is 0 Å². The highest BCUT2D eigenvalue weighted by Gasteiger charge is 2.29. The number of amides is 1. The van der Waals surface area contributed by atoms with E-state index in [2.05, 4.69) is 21.2 Å². The smallest absolute Gasteiger partial charge is 0.223 e. The van der Waals surface area contributed by atoms with Gasteiger partial charge in [0, 0.05) is 16.9 Å². The first kappa shape index (κ1) is 14.5. The Kier molecular flexibility index (Phi) is 5.40. The molecule has 1 aliphatic rings. The Bertz CT molecular complexity index is 436. The Balaban J connectivity index is 1.92. The van der Waals surface area contributed by atoms with Gasteiger partial charge in [-0.2, -0.15) is 0 Å². The lowest BCUT2D eigenvalue weighted by Crippen LogP contribution is -2.39. The van der Waals surface area contributed by atoms with Gasteiger partial charge in [-0.15, -0.1) is 0 Å². The normalized spacial score (nSPS) is 23.1. The number of nitrogens with one attached hydrogen (secondary N) is 1. The lowest BCUT2D eigenvalue weighted by molar-refractivity contribution is -0.127. The van der Waals surface area contributed by atoms with Crippen LogP contribution in [0.5, 0.6) is 0 Å². The summed E-state index contributed by atoms with van der Waals surface area (Å²) in [7, 11) is 0. The Morgan fingerprint density at radius 2 is 2.05 bits per heavy atom. The summed E-state index contributed by atoms with van der Waals surface area (Å²) < 4.78 is 1.04. The summed E-state index contributed by atoms with van der Waals surface area (Å²) in [4.78, 5) is 12.3. The average Bonchev–Trinajstić information content (AvgIpc) is 2.46. The van der Waals surface area contributed by atoms with Gasteiger partial charge in [-0.1, -0.05) is 47.0 Å². The highest BCUT2D eigenvalue weighted by Crippen LogP contribution is 2.29. The van der Waals surface area contributed by atoms with Crippen LogP contribution in [0.15, 0.2) is 28.7 Å². The maximum atomic E-state index is 12.3. The van der Waals surface area contributed by atoms with Gasteiger partial charge in [-0.3, -0.25) is 4.79 Å². The highest BCUT2D eigenvalue weighted by molar-refractivity contribution is 9.10. The summed E-state index contributed by atoms with van der Waals surface area (Å²) in [6, 6.07) is 7.97. The standard InChI is InChI=1S/C15H21BrN2O/c16-14-8-4-2-6-12(14)10-18-15(19)13-7-3-1-5-11(13)9-17/h2,4,6,8,11,13H,1,3,5,7,9-10,17H2,(H,18,19). The summed E-state index contributed by atoms with van der Waals surface area (Å²) in [6.45, 7) is 1.20. The highest BCUT2D eigenvalue weighted by atomic mass is 79.9. The molecule has 2 rings (SSSR count). The summed E-state index contributed by atoms with van der Waals surface area (Å²) in [5.41, 5.74) is 6.88. The maximum Gasteiger partial charge on any atom is 0.223 e. The Labute approximate surface area is 123 Å². The number of nitrogens with two attached hydrogens (primary N) is 1. The van der Waals surface area contributed by atoms with Crippen LogP contribution in [0.3, 0.4) is 0 Å². The summed E-state index contributed by atoms with van der Waals surface area (Å²) in [5, 5.41) is 3.05. The number of carbonyl (C=O) groups excluding carboxylic acids is 1. The largest absolute Gasteiger partial charge is 0.352 e. The minimum atomic E-state index is 0.0984. The predicted molar refractivity (Wildman–Crippen MR) is 80.5 cm³/mol. The second-order valence-corrected chi connectivity index (χ2v) is 6.05. The maximum absolute atomic E-state index is 12.3. The van der Waals surface area contributed by atoms with Crippen molar-refractivity contribution >= 4 is 21.8 Å². The van der Waals surface area contributed by atoms with Gasteiger partial charge in [-0.25, -0.2) is 0 Å². The third-order valence-corrected chi connectivity index (χ3v) is 4.73. The van der Waals surface area contributed by atoms with Gasteiger partial charge in [0.2, 0.25) is 5.91 Å². The molecule has 0 radical (unpaired) electrons. The minimum Gasteiger partial charge on any atom is -0.352 e. The number of benzene rings is 1. The molecule has 0 bridgehead atoms. The van der Waals surface area contributed by atoms with E-state index in [4.69, 9.17) is 5.73 Å². The van der Waals surface area contributed by atoms with Crippen molar-refractivity contribution in [3.63, 3.8) is 0 Å². The average molecular weight is 325 g/mol. The molecule has 19 heavy (non-hydrogen) atoms. The van der Waals surface area contributed by atoms with Crippen molar-refractivity contribution in [3.8, 4) is 0 Å². The third-order valence-electron chi connectivity index (χ3n) is 3.96. The minimum absolute atomic E-state index is 0.0984. The molecule has 1 saturated carbocycles. The first-order valence-electron chi connectivity index (χ1n) is 6.93. The SMILES string of the molecule is NCC1CCCCC1C(=O)NCc1ccccc1Br. The predicted octanol–water partition coefficient (Wildman–Crippen LogP) is 2.83. The molecule has 0 aliphatic heterocycles. The summed E-state index contributed by atoms with van der Waals surface area (Å²) in [5.74, 6) is 0.611. The molecule has 1 amide bonds. The summed E-state index contributed by atoms with van der Waals surface area (Å²) in [6.07, 6.45) is 4.41. The van der Waals surface area contributed by atoms with Crippen LogP contribution < -0.4 is 11.1 Å².